The van der Waals surface area contributed by atoms with Crippen LogP contribution in [0, 0.1) is 12.8 Å². The quantitative estimate of drug-likeness (QED) is 0.528. The number of nitrogens with one attached hydrogen (secondary N) is 1. The number of hydrogen-bond acceptors (Lipinski definition) is 3. The first kappa shape index (κ1) is 20.4. The SMILES string of the molecule is Cc1c(COc2ccc(CNC[C@H]3CCC(=O)C3)cc2)cccc1-c1ccccc1. The van der Waals surface area contributed by atoms with Gasteiger partial charge in [-0.25, -0.2) is 0 Å². The third-order valence-corrected chi connectivity index (χ3v) is 5.96. The van der Waals surface area contributed by atoms with Crippen molar-refractivity contribution >= 4 is 5.78 Å². The van der Waals surface area contributed by atoms with Crippen molar-refractivity contribution in [2.75, 3.05) is 6.54 Å². The van der Waals surface area contributed by atoms with Crippen LogP contribution in [-0.2, 0) is 17.9 Å². The van der Waals surface area contributed by atoms with E-state index < -0.39 is 0 Å². The van der Waals surface area contributed by atoms with Gasteiger partial charge in [-0.2, -0.15) is 0 Å². The Morgan fingerprint density at radius 2 is 1.77 bits per heavy atom. The average Bonchev–Trinajstić information content (AvgIpc) is 3.19. The van der Waals surface area contributed by atoms with Gasteiger partial charge in [0.2, 0.25) is 0 Å². The fraction of sp³-hybridized carbons (Fsp3) is 0.296. The minimum absolute atomic E-state index is 0.410. The molecule has 0 radical (unpaired) electrons. The minimum atomic E-state index is 0.410. The summed E-state index contributed by atoms with van der Waals surface area (Å²) in [6.07, 6.45) is 2.53. The number of Topliss-reactive ketones (excluding diaryl/α,β-unsaturated/α-hetero) is 1. The molecule has 154 valence electrons. The summed E-state index contributed by atoms with van der Waals surface area (Å²) in [5.41, 5.74) is 6.18. The Balaban J connectivity index is 1.30. The molecular weight excluding hydrogens is 370 g/mol. The maximum absolute atomic E-state index is 11.4. The lowest BCUT2D eigenvalue weighted by molar-refractivity contribution is -0.117. The Morgan fingerprint density at radius 1 is 0.967 bits per heavy atom. The predicted molar refractivity (Wildman–Crippen MR) is 121 cm³/mol. The van der Waals surface area contributed by atoms with Crippen LogP contribution in [0.4, 0.5) is 0 Å². The van der Waals surface area contributed by atoms with Crippen molar-refractivity contribution < 1.29 is 9.53 Å². The lowest BCUT2D eigenvalue weighted by Gasteiger charge is -2.13. The average molecular weight is 400 g/mol. The molecule has 1 aliphatic rings. The molecule has 3 aromatic rings. The first-order valence-electron chi connectivity index (χ1n) is 10.8. The van der Waals surface area contributed by atoms with Crippen molar-refractivity contribution in [3.8, 4) is 16.9 Å². The Bertz CT molecular complexity index is 980. The van der Waals surface area contributed by atoms with Gasteiger partial charge in [-0.1, -0.05) is 60.7 Å². The van der Waals surface area contributed by atoms with Crippen LogP contribution in [0.1, 0.15) is 36.0 Å². The van der Waals surface area contributed by atoms with Gasteiger partial charge in [0.25, 0.3) is 0 Å². The zero-order chi connectivity index (χ0) is 20.8. The molecule has 0 amide bonds. The molecule has 3 heteroatoms. The molecule has 30 heavy (non-hydrogen) atoms. The van der Waals surface area contributed by atoms with Crippen molar-refractivity contribution in [1.29, 1.82) is 0 Å². The molecule has 1 saturated carbocycles. The van der Waals surface area contributed by atoms with E-state index in [4.69, 9.17) is 4.74 Å². The van der Waals surface area contributed by atoms with Crippen LogP contribution >= 0.6 is 0 Å². The number of ketones is 1. The van der Waals surface area contributed by atoms with E-state index in [0.29, 0.717) is 18.3 Å². The summed E-state index contributed by atoms with van der Waals surface area (Å²) in [7, 11) is 0. The van der Waals surface area contributed by atoms with Crippen molar-refractivity contribution in [3.63, 3.8) is 0 Å². The zero-order valence-electron chi connectivity index (χ0n) is 17.6. The maximum atomic E-state index is 11.4. The van der Waals surface area contributed by atoms with Crippen LogP contribution in [-0.4, -0.2) is 12.3 Å². The smallest absolute Gasteiger partial charge is 0.133 e. The third kappa shape index (κ3) is 5.17. The third-order valence-electron chi connectivity index (χ3n) is 5.96. The fourth-order valence-corrected chi connectivity index (χ4v) is 4.12. The Hall–Kier alpha value is -2.91. The summed E-state index contributed by atoms with van der Waals surface area (Å²) in [5.74, 6) is 1.80. The second kappa shape index (κ2) is 9.73. The van der Waals surface area contributed by atoms with E-state index in [-0.39, 0.29) is 0 Å². The Kier molecular flexibility index (Phi) is 6.60. The lowest BCUT2D eigenvalue weighted by atomic mass is 9.97. The molecule has 0 aliphatic heterocycles. The maximum Gasteiger partial charge on any atom is 0.133 e. The Labute approximate surface area is 179 Å². The van der Waals surface area contributed by atoms with E-state index in [2.05, 4.69) is 66.8 Å². The first-order chi connectivity index (χ1) is 14.7. The largest absolute Gasteiger partial charge is 0.489 e. The van der Waals surface area contributed by atoms with Crippen LogP contribution in [0.3, 0.4) is 0 Å². The molecule has 1 fully saturated rings. The van der Waals surface area contributed by atoms with E-state index in [1.165, 1.54) is 27.8 Å². The molecule has 1 N–H and O–H groups in total. The lowest BCUT2D eigenvalue weighted by Crippen LogP contribution is -2.21. The van der Waals surface area contributed by atoms with E-state index in [1.807, 2.05) is 18.2 Å². The van der Waals surface area contributed by atoms with Gasteiger partial charge in [0.15, 0.2) is 0 Å². The van der Waals surface area contributed by atoms with Crippen LogP contribution in [0.5, 0.6) is 5.75 Å². The normalized spacial score (nSPS) is 16.0. The molecule has 3 aromatic carbocycles. The van der Waals surface area contributed by atoms with Crippen LogP contribution in [0.15, 0.2) is 72.8 Å². The molecule has 0 saturated heterocycles. The topological polar surface area (TPSA) is 38.3 Å². The number of ether oxygens (including phenoxy) is 1. The van der Waals surface area contributed by atoms with Crippen molar-refractivity contribution in [2.24, 2.45) is 5.92 Å². The number of carbonyl (C=O) groups is 1. The molecule has 4 rings (SSSR count). The second-order valence-electron chi connectivity index (χ2n) is 8.17. The monoisotopic (exact) mass is 399 g/mol. The molecule has 3 nitrogen and oxygen atoms in total. The fourth-order valence-electron chi connectivity index (χ4n) is 4.12. The van der Waals surface area contributed by atoms with Gasteiger partial charge in [0.1, 0.15) is 18.1 Å². The molecule has 0 unspecified atom stereocenters. The predicted octanol–water partition coefficient (Wildman–Crippen LogP) is 5.70. The summed E-state index contributed by atoms with van der Waals surface area (Å²) < 4.78 is 6.06. The van der Waals surface area contributed by atoms with Crippen LogP contribution < -0.4 is 10.1 Å². The molecular formula is C27H29NO2. The Morgan fingerprint density at radius 3 is 2.50 bits per heavy atom. The van der Waals surface area contributed by atoms with Crippen molar-refractivity contribution in [3.05, 3.63) is 89.5 Å². The van der Waals surface area contributed by atoms with E-state index in [9.17, 15) is 4.79 Å². The van der Waals surface area contributed by atoms with Gasteiger partial charge in [0, 0.05) is 19.4 Å². The van der Waals surface area contributed by atoms with Gasteiger partial charge in [-0.15, -0.1) is 0 Å². The highest BCUT2D eigenvalue weighted by molar-refractivity contribution is 5.80. The number of carbonyl (C=O) groups excluding carboxylic acids is 1. The highest BCUT2D eigenvalue weighted by Gasteiger charge is 2.21. The van der Waals surface area contributed by atoms with Crippen LogP contribution in [0.2, 0.25) is 0 Å². The summed E-state index contributed by atoms with van der Waals surface area (Å²) in [6.45, 7) is 4.46. The molecule has 1 atom stereocenters. The summed E-state index contributed by atoms with van der Waals surface area (Å²) in [6, 6.07) is 25.1. The second-order valence-corrected chi connectivity index (χ2v) is 8.17. The number of benzene rings is 3. The van der Waals surface area contributed by atoms with Crippen molar-refractivity contribution in [2.45, 2.75) is 39.3 Å². The van der Waals surface area contributed by atoms with Crippen LogP contribution in [0.25, 0.3) is 11.1 Å². The summed E-state index contributed by atoms with van der Waals surface area (Å²) in [4.78, 5) is 11.4. The van der Waals surface area contributed by atoms with E-state index >= 15 is 0 Å². The highest BCUT2D eigenvalue weighted by Crippen LogP contribution is 2.26. The summed E-state index contributed by atoms with van der Waals surface area (Å²) >= 11 is 0. The zero-order valence-corrected chi connectivity index (χ0v) is 17.6. The van der Waals surface area contributed by atoms with Gasteiger partial charge in [0.05, 0.1) is 0 Å². The van der Waals surface area contributed by atoms with Gasteiger partial charge in [-0.3, -0.25) is 4.79 Å². The van der Waals surface area contributed by atoms with E-state index in [0.717, 1.165) is 38.1 Å². The van der Waals surface area contributed by atoms with Gasteiger partial charge < -0.3 is 10.1 Å². The van der Waals surface area contributed by atoms with Gasteiger partial charge >= 0.3 is 0 Å². The highest BCUT2D eigenvalue weighted by atomic mass is 16.5. The molecule has 0 heterocycles. The first-order valence-corrected chi connectivity index (χ1v) is 10.8. The molecule has 0 aromatic heterocycles. The minimum Gasteiger partial charge on any atom is -0.489 e. The number of hydrogen-bond donors (Lipinski definition) is 1. The molecule has 0 bridgehead atoms. The number of rotatable bonds is 8. The van der Waals surface area contributed by atoms with E-state index in [1.54, 1.807) is 0 Å². The van der Waals surface area contributed by atoms with Gasteiger partial charge in [-0.05, 0) is 65.8 Å². The molecule has 0 spiro atoms. The molecule has 1 aliphatic carbocycles. The van der Waals surface area contributed by atoms with Crippen molar-refractivity contribution in [1.82, 2.24) is 5.32 Å². The summed E-state index contributed by atoms with van der Waals surface area (Å²) in [5, 5.41) is 3.48. The standard InChI is InChI=1S/C27H29NO2/c1-20-24(8-5-9-27(20)23-6-3-2-4-7-23)19-30-26-14-11-21(12-15-26)17-28-18-22-10-13-25(29)16-22/h2-9,11-12,14-15,22,28H,10,13,16-19H2,1H3/t22-/m0/s1.